The zero-order valence-corrected chi connectivity index (χ0v) is 25.5. The van der Waals surface area contributed by atoms with Crippen LogP contribution in [0, 0.1) is 12.7 Å². The van der Waals surface area contributed by atoms with Crippen LogP contribution in [0.25, 0.3) is 11.3 Å². The molecule has 0 radical (unpaired) electrons. The number of halogens is 1. The number of aromatic nitrogens is 2. The molecule has 3 aromatic carbocycles. The first-order valence-electron chi connectivity index (χ1n) is 14.8. The van der Waals surface area contributed by atoms with Crippen molar-refractivity contribution in [2.24, 2.45) is 0 Å². The van der Waals surface area contributed by atoms with E-state index in [0.717, 1.165) is 22.4 Å². The lowest BCUT2D eigenvalue weighted by atomic mass is 10.1. The number of anilines is 1. The number of alkyl carbamates (subject to hydrolysis) is 1. The van der Waals surface area contributed by atoms with Gasteiger partial charge in [0.15, 0.2) is 17.6 Å². The van der Waals surface area contributed by atoms with Crippen molar-refractivity contribution in [3.63, 3.8) is 0 Å². The lowest BCUT2D eigenvalue weighted by Gasteiger charge is -2.19. The fraction of sp³-hybridized carbons (Fsp3) is 0.314. The van der Waals surface area contributed by atoms with Crippen LogP contribution >= 0.6 is 0 Å². The second-order valence-electron chi connectivity index (χ2n) is 12.0. The van der Waals surface area contributed by atoms with Crippen LogP contribution in [0.4, 0.5) is 15.0 Å². The molecule has 1 amide bonds. The molecule has 0 bridgehead atoms. The van der Waals surface area contributed by atoms with E-state index < -0.39 is 23.6 Å². The van der Waals surface area contributed by atoms with E-state index in [-0.39, 0.29) is 18.3 Å². The van der Waals surface area contributed by atoms with Crippen LogP contribution in [0.2, 0.25) is 0 Å². The number of aryl methyl sites for hydroxylation is 1. The van der Waals surface area contributed by atoms with E-state index in [1.165, 1.54) is 6.07 Å². The predicted octanol–water partition coefficient (Wildman–Crippen LogP) is 6.05. The highest BCUT2D eigenvalue weighted by atomic mass is 19.1. The van der Waals surface area contributed by atoms with Gasteiger partial charge in [0.1, 0.15) is 23.2 Å². The Morgan fingerprint density at radius 1 is 1.05 bits per heavy atom. The number of fused-ring (bicyclic) bond motifs is 1. The highest BCUT2D eigenvalue weighted by molar-refractivity contribution is 5.82. The fourth-order valence-corrected chi connectivity index (χ4v) is 4.97. The van der Waals surface area contributed by atoms with Crippen LogP contribution < -0.4 is 19.9 Å². The number of amides is 1. The van der Waals surface area contributed by atoms with Crippen molar-refractivity contribution in [3.05, 3.63) is 107 Å². The summed E-state index contributed by atoms with van der Waals surface area (Å²) in [4.78, 5) is 30.4. The van der Waals surface area contributed by atoms with E-state index in [4.69, 9.17) is 14.5 Å². The van der Waals surface area contributed by atoms with Gasteiger partial charge in [-0.25, -0.2) is 19.0 Å². The van der Waals surface area contributed by atoms with Crippen molar-refractivity contribution >= 4 is 17.8 Å². The maximum atomic E-state index is 14.9. The van der Waals surface area contributed by atoms with Gasteiger partial charge in [0.05, 0.1) is 6.61 Å². The fourth-order valence-electron chi connectivity index (χ4n) is 4.97. The summed E-state index contributed by atoms with van der Waals surface area (Å²) < 4.78 is 27.4. The highest BCUT2D eigenvalue weighted by Gasteiger charge is 2.41. The Morgan fingerprint density at radius 2 is 1.80 bits per heavy atom. The average molecular weight is 598 g/mol. The zero-order chi connectivity index (χ0) is 31.3. The molecule has 8 nitrogen and oxygen atoms in total. The van der Waals surface area contributed by atoms with E-state index in [1.54, 1.807) is 43.7 Å². The molecule has 5 rings (SSSR count). The number of carbonyl (C=O) groups excluding carboxylic acids is 2. The maximum Gasteiger partial charge on any atom is 0.407 e. The first-order valence-corrected chi connectivity index (χ1v) is 14.8. The Labute approximate surface area is 257 Å². The van der Waals surface area contributed by atoms with Gasteiger partial charge in [0.2, 0.25) is 0 Å². The Kier molecular flexibility index (Phi) is 9.23. The smallest absolute Gasteiger partial charge is 0.407 e. The molecule has 1 atom stereocenters. The van der Waals surface area contributed by atoms with Gasteiger partial charge in [-0.05, 0) is 57.4 Å². The van der Waals surface area contributed by atoms with E-state index in [0.29, 0.717) is 42.9 Å². The quantitative estimate of drug-likeness (QED) is 0.171. The normalized spacial score (nSPS) is 14.1. The highest BCUT2D eigenvalue weighted by Crippen LogP contribution is 2.26. The first-order chi connectivity index (χ1) is 21.1. The van der Waals surface area contributed by atoms with Crippen molar-refractivity contribution in [2.45, 2.75) is 58.6 Å². The average Bonchev–Trinajstić information content (AvgIpc) is 3.29. The molecule has 1 aliphatic heterocycles. The molecule has 1 unspecified atom stereocenters. The summed E-state index contributed by atoms with van der Waals surface area (Å²) in [7, 11) is 0. The zero-order valence-electron chi connectivity index (χ0n) is 25.5. The SMILES string of the molecule is Cc1ccc(-c2c[n+]3c(c(Cc4ccccc4)n2)NC(Cc2ccc(OCCCNC(=O)OC(C)(C)C)c(F)c2)C3=O)cc1. The molecule has 2 N–H and O–H groups in total. The molecule has 228 valence electrons. The van der Waals surface area contributed by atoms with Crippen LogP contribution in [0.1, 0.15) is 54.4 Å². The summed E-state index contributed by atoms with van der Waals surface area (Å²) in [5.41, 5.74) is 4.72. The number of nitrogens with zero attached hydrogens (tertiary/aromatic N) is 2. The van der Waals surface area contributed by atoms with E-state index in [2.05, 4.69) is 10.6 Å². The van der Waals surface area contributed by atoms with Crippen LogP contribution in [0.3, 0.4) is 0 Å². The van der Waals surface area contributed by atoms with Crippen molar-refractivity contribution in [1.29, 1.82) is 0 Å². The number of hydrogen-bond donors (Lipinski definition) is 2. The first kappa shape index (κ1) is 30.7. The molecule has 4 aromatic rings. The van der Waals surface area contributed by atoms with Crippen LogP contribution in [-0.4, -0.2) is 41.8 Å². The number of ether oxygens (including phenoxy) is 2. The van der Waals surface area contributed by atoms with E-state index >= 15 is 0 Å². The maximum absolute atomic E-state index is 14.9. The molecule has 0 spiro atoms. The Balaban J connectivity index is 1.26. The van der Waals surface area contributed by atoms with Crippen molar-refractivity contribution in [3.8, 4) is 17.0 Å². The lowest BCUT2D eigenvalue weighted by molar-refractivity contribution is -0.552. The van der Waals surface area contributed by atoms with Gasteiger partial charge in [-0.2, -0.15) is 4.57 Å². The number of hydrogen-bond acceptors (Lipinski definition) is 6. The second-order valence-corrected chi connectivity index (χ2v) is 12.0. The standard InChI is InChI=1S/C35H37FN4O4/c1-23-11-14-26(15-12-23)30-22-40-32(28(38-30)20-24-9-6-5-7-10-24)39-29(33(40)41)21-25-13-16-31(27(36)19-25)43-18-8-17-37-34(42)44-35(2,3)4/h5-7,9-16,19,22,29H,8,17-18,20-21H2,1-4H3,(H,37,42)/p+1. The van der Waals surface area contributed by atoms with Gasteiger partial charge in [0, 0.05) is 24.9 Å². The Hall–Kier alpha value is -4.79. The monoisotopic (exact) mass is 597 g/mol. The topological polar surface area (TPSA) is 93.4 Å². The third kappa shape index (κ3) is 7.78. The van der Waals surface area contributed by atoms with Crippen LogP contribution in [0.15, 0.2) is 79.0 Å². The minimum Gasteiger partial charge on any atom is -0.490 e. The van der Waals surface area contributed by atoms with Gasteiger partial charge in [-0.3, -0.25) is 5.32 Å². The van der Waals surface area contributed by atoms with Gasteiger partial charge in [-0.1, -0.05) is 66.2 Å². The summed E-state index contributed by atoms with van der Waals surface area (Å²) >= 11 is 0. The predicted molar refractivity (Wildman–Crippen MR) is 166 cm³/mol. The number of nitrogens with one attached hydrogen (secondary N) is 2. The third-order valence-electron chi connectivity index (χ3n) is 7.11. The molecule has 9 heteroatoms. The van der Waals surface area contributed by atoms with Crippen molar-refractivity contribution in [1.82, 2.24) is 10.3 Å². The summed E-state index contributed by atoms with van der Waals surface area (Å²) in [6, 6.07) is 22.2. The number of benzene rings is 3. The van der Waals surface area contributed by atoms with Gasteiger partial charge >= 0.3 is 17.8 Å². The van der Waals surface area contributed by atoms with Crippen molar-refractivity contribution in [2.75, 3.05) is 18.5 Å². The molecule has 0 saturated heterocycles. The molecular formula is C35H38FN4O4+. The van der Waals surface area contributed by atoms with Crippen LogP contribution in [0.5, 0.6) is 5.75 Å². The summed E-state index contributed by atoms with van der Waals surface area (Å²) in [6.45, 7) is 7.97. The lowest BCUT2D eigenvalue weighted by Crippen LogP contribution is -2.44. The molecule has 44 heavy (non-hydrogen) atoms. The van der Waals surface area contributed by atoms with E-state index in [1.807, 2.05) is 61.5 Å². The van der Waals surface area contributed by atoms with Crippen molar-refractivity contribution < 1.29 is 28.0 Å². The summed E-state index contributed by atoms with van der Waals surface area (Å²) in [5, 5.41) is 6.02. The van der Waals surface area contributed by atoms with E-state index in [9.17, 15) is 14.0 Å². The Bertz CT molecular complexity index is 1640. The molecular weight excluding hydrogens is 559 g/mol. The minimum absolute atomic E-state index is 0.117. The number of rotatable bonds is 10. The minimum atomic E-state index is -0.579. The Morgan fingerprint density at radius 3 is 2.50 bits per heavy atom. The largest absolute Gasteiger partial charge is 0.490 e. The van der Waals surface area contributed by atoms with Gasteiger partial charge in [0.25, 0.3) is 0 Å². The summed E-state index contributed by atoms with van der Waals surface area (Å²) in [5.74, 6) is 0.140. The molecule has 2 heterocycles. The molecule has 0 saturated carbocycles. The molecule has 0 fully saturated rings. The van der Waals surface area contributed by atoms with Gasteiger partial charge < -0.3 is 14.8 Å². The molecule has 1 aliphatic rings. The summed E-state index contributed by atoms with van der Waals surface area (Å²) in [6.07, 6.45) is 2.61. The van der Waals surface area contributed by atoms with Gasteiger partial charge in [-0.15, -0.1) is 0 Å². The second kappa shape index (κ2) is 13.2. The molecule has 1 aromatic heterocycles. The molecule has 0 aliphatic carbocycles. The number of carbonyl (C=O) groups is 2. The van der Waals surface area contributed by atoms with Crippen LogP contribution in [-0.2, 0) is 17.6 Å². The third-order valence-corrected chi connectivity index (χ3v) is 7.11.